The molecule has 1 aromatic carbocycles. The van der Waals surface area contributed by atoms with Gasteiger partial charge in [-0.25, -0.2) is 8.78 Å². The summed E-state index contributed by atoms with van der Waals surface area (Å²) in [6.45, 7) is 0.571. The number of halogens is 3. The number of hydrogen-bond acceptors (Lipinski definition) is 5. The van der Waals surface area contributed by atoms with Crippen molar-refractivity contribution in [1.82, 2.24) is 15.5 Å². The lowest BCUT2D eigenvalue weighted by molar-refractivity contribution is -0.194. The monoisotopic (exact) mass is 561 g/mol. The van der Waals surface area contributed by atoms with E-state index in [1.165, 1.54) is 4.90 Å². The third-order valence-electron chi connectivity index (χ3n) is 8.58. The molecule has 3 saturated heterocycles. The highest BCUT2D eigenvalue weighted by Crippen LogP contribution is 2.49. The predicted molar refractivity (Wildman–Crippen MR) is 141 cm³/mol. The van der Waals surface area contributed by atoms with E-state index < -0.39 is 54.3 Å². The maximum absolute atomic E-state index is 15.1. The number of nitrogens with zero attached hydrogens (tertiary/aromatic N) is 2. The first-order valence-electron chi connectivity index (χ1n) is 13.9. The molecule has 2 bridgehead atoms. The Kier molecular flexibility index (Phi) is 7.99. The van der Waals surface area contributed by atoms with E-state index in [-0.39, 0.29) is 24.7 Å². The number of fused-ring (bicyclic) bond motifs is 3. The molecule has 3 aliphatic heterocycles. The number of carbonyl (C=O) groups excluding carboxylic acids is 3. The maximum Gasteiger partial charge on any atom is 0.255 e. The van der Waals surface area contributed by atoms with Gasteiger partial charge in [-0.05, 0) is 62.6 Å². The quantitative estimate of drug-likeness (QED) is 0.424. The van der Waals surface area contributed by atoms with Crippen molar-refractivity contribution in [2.24, 2.45) is 17.8 Å². The van der Waals surface area contributed by atoms with Crippen molar-refractivity contribution in [3.8, 4) is 6.07 Å². The first-order chi connectivity index (χ1) is 18.7. The molecule has 3 N–H and O–H groups in total. The highest BCUT2D eigenvalue weighted by molar-refractivity contribution is 6.30. The van der Waals surface area contributed by atoms with Crippen LogP contribution in [0.15, 0.2) is 24.3 Å². The zero-order valence-corrected chi connectivity index (χ0v) is 22.4. The SMILES string of the molecule is N#C[C@H](C[C@@H]1CCCNC1=O)NC(=O)[C@H]1[C@H]2CC[C@H](CC2(F)F)N1C(=O)[C@@H](CC1CC1)Nc1cccc(Cl)c1. The Hall–Kier alpha value is -2.93. The summed E-state index contributed by atoms with van der Waals surface area (Å²) in [7, 11) is 0. The molecule has 3 amide bonds. The van der Waals surface area contributed by atoms with Crippen LogP contribution in [0, 0.1) is 29.1 Å². The summed E-state index contributed by atoms with van der Waals surface area (Å²) in [6.07, 6.45) is 4.01. The Morgan fingerprint density at radius 1 is 1.21 bits per heavy atom. The normalized spacial score (nSPS) is 29.1. The molecular weight excluding hydrogens is 528 g/mol. The molecular formula is C28H34ClF2N5O3. The highest BCUT2D eigenvalue weighted by Gasteiger charge is 2.61. The summed E-state index contributed by atoms with van der Waals surface area (Å²) in [5.41, 5.74) is 0.644. The lowest BCUT2D eigenvalue weighted by Gasteiger charge is -2.54. The van der Waals surface area contributed by atoms with E-state index in [9.17, 15) is 19.6 Å². The minimum atomic E-state index is -3.10. The smallest absolute Gasteiger partial charge is 0.255 e. The Bertz CT molecular complexity index is 1160. The number of rotatable bonds is 9. The minimum absolute atomic E-state index is 0.0971. The number of piperidine rings is 3. The van der Waals surface area contributed by atoms with Gasteiger partial charge in [0.2, 0.25) is 17.7 Å². The molecule has 0 unspecified atom stereocenters. The molecule has 2 aliphatic carbocycles. The Balaban J connectivity index is 1.38. The van der Waals surface area contributed by atoms with E-state index >= 15 is 8.78 Å². The third-order valence-corrected chi connectivity index (χ3v) is 8.82. The Morgan fingerprint density at radius 2 is 2.00 bits per heavy atom. The molecule has 5 aliphatic rings. The van der Waals surface area contributed by atoms with Crippen molar-refractivity contribution < 1.29 is 23.2 Å². The van der Waals surface area contributed by atoms with Gasteiger partial charge in [0.25, 0.3) is 5.92 Å². The second-order valence-electron chi connectivity index (χ2n) is 11.4. The van der Waals surface area contributed by atoms with Crippen molar-refractivity contribution in [3.63, 3.8) is 0 Å². The van der Waals surface area contributed by atoms with Crippen molar-refractivity contribution in [2.75, 3.05) is 11.9 Å². The minimum Gasteiger partial charge on any atom is -0.374 e. The molecule has 2 saturated carbocycles. The number of carbonyl (C=O) groups is 3. The van der Waals surface area contributed by atoms with Crippen LogP contribution in [0.2, 0.25) is 5.02 Å². The predicted octanol–water partition coefficient (Wildman–Crippen LogP) is 3.86. The van der Waals surface area contributed by atoms with Crippen LogP contribution in [-0.2, 0) is 14.4 Å². The summed E-state index contributed by atoms with van der Waals surface area (Å²) < 4.78 is 30.3. The molecule has 39 heavy (non-hydrogen) atoms. The van der Waals surface area contributed by atoms with Crippen LogP contribution in [0.1, 0.15) is 57.8 Å². The zero-order valence-electron chi connectivity index (χ0n) is 21.7. The number of alkyl halides is 2. The second-order valence-corrected chi connectivity index (χ2v) is 11.9. The maximum atomic E-state index is 15.1. The average Bonchev–Trinajstić information content (AvgIpc) is 3.72. The number of amides is 3. The first-order valence-corrected chi connectivity index (χ1v) is 14.2. The molecule has 11 heteroatoms. The van der Waals surface area contributed by atoms with Crippen molar-refractivity contribution >= 4 is 35.0 Å². The fraction of sp³-hybridized carbons (Fsp3) is 0.643. The Morgan fingerprint density at radius 3 is 2.67 bits per heavy atom. The third kappa shape index (κ3) is 6.13. The van der Waals surface area contributed by atoms with Crippen molar-refractivity contribution in [3.05, 3.63) is 29.3 Å². The number of anilines is 1. The molecule has 6 atom stereocenters. The largest absolute Gasteiger partial charge is 0.374 e. The van der Waals surface area contributed by atoms with E-state index in [1.807, 2.05) is 6.07 Å². The topological polar surface area (TPSA) is 114 Å². The number of nitriles is 1. The molecule has 3 heterocycles. The fourth-order valence-corrected chi connectivity index (χ4v) is 6.63. The lowest BCUT2D eigenvalue weighted by atomic mass is 9.71. The van der Waals surface area contributed by atoms with Gasteiger partial charge in [0, 0.05) is 35.6 Å². The molecule has 0 radical (unpaired) electrons. The molecule has 6 rings (SSSR count). The highest BCUT2D eigenvalue weighted by atomic mass is 35.5. The van der Waals surface area contributed by atoms with E-state index in [2.05, 4.69) is 16.0 Å². The van der Waals surface area contributed by atoms with Crippen molar-refractivity contribution in [1.29, 1.82) is 5.26 Å². The van der Waals surface area contributed by atoms with Crippen LogP contribution in [0.4, 0.5) is 14.5 Å². The van der Waals surface area contributed by atoms with Gasteiger partial charge in [-0.1, -0.05) is 30.5 Å². The molecule has 0 spiro atoms. The molecule has 0 aromatic heterocycles. The summed E-state index contributed by atoms with van der Waals surface area (Å²) in [5, 5.41) is 18.9. The standard InChI is InChI=1S/C28H34ClF2N5O3/c29-18-4-1-5-19(13-18)34-23(11-16-6-7-16)27(39)36-21-8-9-22(28(30,31)14-21)24(36)26(38)35-20(15-32)12-17-3-2-10-33-25(17)37/h1,4-5,13,16-17,20-24,34H,2-3,6-12,14H2,(H,33,37)(H,35,38)/t17-,20-,21+,22+,23+,24+/m0/s1. The van der Waals surface area contributed by atoms with E-state index in [1.54, 1.807) is 24.3 Å². The number of nitrogens with one attached hydrogen (secondary N) is 3. The van der Waals surface area contributed by atoms with Gasteiger partial charge in [0.1, 0.15) is 18.1 Å². The number of benzene rings is 1. The lowest BCUT2D eigenvalue weighted by Crippen LogP contribution is -2.70. The van der Waals surface area contributed by atoms with Gasteiger partial charge in [-0.15, -0.1) is 0 Å². The van der Waals surface area contributed by atoms with Gasteiger partial charge >= 0.3 is 0 Å². The molecule has 8 nitrogen and oxygen atoms in total. The van der Waals surface area contributed by atoms with E-state index in [0.29, 0.717) is 42.4 Å². The van der Waals surface area contributed by atoms with Gasteiger partial charge in [0.05, 0.1) is 12.0 Å². The van der Waals surface area contributed by atoms with Crippen LogP contribution < -0.4 is 16.0 Å². The van der Waals surface area contributed by atoms with Gasteiger partial charge in [0.15, 0.2) is 0 Å². The Labute approximate surface area is 231 Å². The molecule has 210 valence electrons. The van der Waals surface area contributed by atoms with E-state index in [0.717, 1.165) is 19.3 Å². The van der Waals surface area contributed by atoms with Crippen molar-refractivity contribution in [2.45, 2.75) is 87.9 Å². The van der Waals surface area contributed by atoms with E-state index in [4.69, 9.17) is 11.6 Å². The van der Waals surface area contributed by atoms with Gasteiger partial charge in [-0.2, -0.15) is 5.26 Å². The van der Waals surface area contributed by atoms with Crippen LogP contribution in [0.5, 0.6) is 0 Å². The van der Waals surface area contributed by atoms with Gasteiger partial charge in [-0.3, -0.25) is 14.4 Å². The number of hydrogen-bond donors (Lipinski definition) is 3. The van der Waals surface area contributed by atoms with Gasteiger partial charge < -0.3 is 20.9 Å². The fourth-order valence-electron chi connectivity index (χ4n) is 6.44. The second kappa shape index (κ2) is 11.3. The summed E-state index contributed by atoms with van der Waals surface area (Å²) in [4.78, 5) is 41.3. The summed E-state index contributed by atoms with van der Waals surface area (Å²) in [6, 6.07) is 5.10. The van der Waals surface area contributed by atoms with Crippen LogP contribution in [0.3, 0.4) is 0 Å². The summed E-state index contributed by atoms with van der Waals surface area (Å²) >= 11 is 6.14. The van der Waals surface area contributed by atoms with Crippen LogP contribution >= 0.6 is 11.6 Å². The molecule has 5 fully saturated rings. The first kappa shape index (κ1) is 27.6. The average molecular weight is 562 g/mol. The van der Waals surface area contributed by atoms with Crippen LogP contribution in [-0.4, -0.2) is 59.3 Å². The summed E-state index contributed by atoms with van der Waals surface area (Å²) in [5.74, 6) is -5.83. The molecule has 1 aromatic rings. The zero-order chi connectivity index (χ0) is 27.7. The van der Waals surface area contributed by atoms with Crippen LogP contribution in [0.25, 0.3) is 0 Å².